The van der Waals surface area contributed by atoms with Gasteiger partial charge in [-0.3, -0.25) is 19.5 Å². The molecule has 1 N–H and O–H groups in total. The zero-order valence-corrected chi connectivity index (χ0v) is 15.6. The Morgan fingerprint density at radius 3 is 2.67 bits per heavy atom. The zero-order chi connectivity index (χ0) is 20.7. The highest BCUT2D eigenvalue weighted by atomic mass is 16.6. The predicted octanol–water partition coefficient (Wildman–Crippen LogP) is 3.76. The van der Waals surface area contributed by atoms with E-state index >= 15 is 0 Å². The van der Waals surface area contributed by atoms with Crippen LogP contribution in [-0.4, -0.2) is 24.4 Å². The van der Waals surface area contributed by atoms with Crippen LogP contribution in [-0.2, 0) is 6.42 Å². The van der Waals surface area contributed by atoms with Gasteiger partial charge < -0.3 is 4.98 Å². The summed E-state index contributed by atoms with van der Waals surface area (Å²) < 4.78 is 1.56. The van der Waals surface area contributed by atoms with Crippen LogP contribution in [0.3, 0.4) is 0 Å². The quantitative estimate of drug-likeness (QED) is 0.367. The summed E-state index contributed by atoms with van der Waals surface area (Å²) in [5, 5.41) is 11.9. The van der Waals surface area contributed by atoms with Crippen LogP contribution in [0.4, 0.5) is 5.69 Å². The van der Waals surface area contributed by atoms with E-state index in [9.17, 15) is 14.9 Å². The second-order valence-corrected chi connectivity index (χ2v) is 6.87. The number of aromatic nitrogens is 4. The monoisotopic (exact) mass is 397 g/mol. The van der Waals surface area contributed by atoms with E-state index in [0.717, 1.165) is 16.5 Å². The highest BCUT2D eigenvalue weighted by Crippen LogP contribution is 2.27. The minimum absolute atomic E-state index is 0.0389. The van der Waals surface area contributed by atoms with Gasteiger partial charge in [-0.15, -0.1) is 0 Å². The first-order chi connectivity index (χ1) is 14.6. The van der Waals surface area contributed by atoms with Crippen LogP contribution in [0.25, 0.3) is 27.8 Å². The van der Waals surface area contributed by atoms with E-state index in [-0.39, 0.29) is 11.2 Å². The van der Waals surface area contributed by atoms with Crippen molar-refractivity contribution in [2.45, 2.75) is 6.42 Å². The summed E-state index contributed by atoms with van der Waals surface area (Å²) in [6.45, 7) is 0. The van der Waals surface area contributed by atoms with Crippen LogP contribution in [0.15, 0.2) is 78.0 Å². The second-order valence-electron chi connectivity index (χ2n) is 6.87. The summed E-state index contributed by atoms with van der Waals surface area (Å²) in [5.41, 5.74) is 3.59. The first kappa shape index (κ1) is 17.7. The average molecular weight is 397 g/mol. The Hall–Kier alpha value is -4.33. The average Bonchev–Trinajstić information content (AvgIpc) is 3.25. The lowest BCUT2D eigenvalue weighted by molar-refractivity contribution is -0.384. The number of hydrogen-bond acceptors (Lipinski definition) is 5. The van der Waals surface area contributed by atoms with Crippen molar-refractivity contribution >= 4 is 27.8 Å². The number of non-ortho nitro benzene ring substituents is 1. The van der Waals surface area contributed by atoms with Gasteiger partial charge in [0, 0.05) is 23.7 Å². The smallest absolute Gasteiger partial charge is 0.282 e. The lowest BCUT2D eigenvalue weighted by Crippen LogP contribution is -2.20. The number of H-pyrrole nitrogens is 1. The fourth-order valence-electron chi connectivity index (χ4n) is 3.74. The number of para-hydroxylation sites is 1. The first-order valence-electron chi connectivity index (χ1n) is 9.28. The number of benzene rings is 2. The third-order valence-corrected chi connectivity index (χ3v) is 5.05. The number of nitrogens with zero attached hydrogens (tertiary/aromatic N) is 4. The molecule has 0 unspecified atom stereocenters. The highest BCUT2D eigenvalue weighted by molar-refractivity contribution is 6.03. The summed E-state index contributed by atoms with van der Waals surface area (Å²) >= 11 is 0. The van der Waals surface area contributed by atoms with Crippen LogP contribution >= 0.6 is 0 Å². The predicted molar refractivity (Wildman–Crippen MR) is 113 cm³/mol. The second kappa shape index (κ2) is 6.93. The Bertz CT molecular complexity index is 1470. The third-order valence-electron chi connectivity index (χ3n) is 5.05. The molecule has 2 aromatic carbocycles. The van der Waals surface area contributed by atoms with E-state index < -0.39 is 4.92 Å². The van der Waals surface area contributed by atoms with Crippen molar-refractivity contribution in [3.8, 4) is 5.69 Å². The van der Waals surface area contributed by atoms with E-state index in [1.807, 2.05) is 42.5 Å². The lowest BCUT2D eigenvalue weighted by atomic mass is 10.0. The molecule has 0 bridgehead atoms. The fourth-order valence-corrected chi connectivity index (χ4v) is 3.74. The molecule has 8 heteroatoms. The molecule has 0 aliphatic heterocycles. The number of nitro groups is 1. The number of fused-ring (bicyclic) bond motifs is 3. The van der Waals surface area contributed by atoms with Crippen molar-refractivity contribution < 1.29 is 4.92 Å². The number of aromatic amines is 1. The summed E-state index contributed by atoms with van der Waals surface area (Å²) in [7, 11) is 0. The van der Waals surface area contributed by atoms with Gasteiger partial charge in [0.1, 0.15) is 16.7 Å². The van der Waals surface area contributed by atoms with Gasteiger partial charge in [-0.2, -0.15) is 0 Å². The maximum Gasteiger partial charge on any atom is 0.282 e. The van der Waals surface area contributed by atoms with Crippen LogP contribution in [0.5, 0.6) is 0 Å². The minimum atomic E-state index is -0.410. The summed E-state index contributed by atoms with van der Waals surface area (Å²) in [5.74, 6) is 0. The van der Waals surface area contributed by atoms with Gasteiger partial charge in [-0.05, 0) is 35.7 Å². The molecule has 0 radical (unpaired) electrons. The standard InChI is InChI=1S/C22H15N5O3/c28-22-20-19(24-13-25-20)18-15(11-14-5-4-8-17(12-14)27(29)30)9-10-23-21(18)26(22)16-6-2-1-3-7-16/h1-10,12-13H,11H2,(H,24,25). The highest BCUT2D eigenvalue weighted by Gasteiger charge is 2.18. The summed E-state index contributed by atoms with van der Waals surface area (Å²) in [6.07, 6.45) is 3.58. The van der Waals surface area contributed by atoms with Crippen molar-refractivity contribution in [1.82, 2.24) is 19.5 Å². The number of rotatable bonds is 4. The van der Waals surface area contributed by atoms with Gasteiger partial charge in [0.05, 0.1) is 16.9 Å². The largest absolute Gasteiger partial charge is 0.340 e. The summed E-state index contributed by atoms with van der Waals surface area (Å²) in [6, 6.07) is 17.7. The van der Waals surface area contributed by atoms with Crippen LogP contribution in [0.1, 0.15) is 11.1 Å². The van der Waals surface area contributed by atoms with Gasteiger partial charge in [0.2, 0.25) is 0 Å². The maximum atomic E-state index is 13.2. The number of nitrogens with one attached hydrogen (secondary N) is 1. The van der Waals surface area contributed by atoms with Crippen molar-refractivity contribution in [3.63, 3.8) is 0 Å². The molecule has 8 nitrogen and oxygen atoms in total. The van der Waals surface area contributed by atoms with E-state index in [1.54, 1.807) is 22.9 Å². The van der Waals surface area contributed by atoms with E-state index in [2.05, 4.69) is 15.0 Å². The van der Waals surface area contributed by atoms with Gasteiger partial charge in [0.25, 0.3) is 11.2 Å². The Balaban J connectivity index is 1.79. The molecular formula is C22H15N5O3. The van der Waals surface area contributed by atoms with Crippen LogP contribution in [0.2, 0.25) is 0 Å². The van der Waals surface area contributed by atoms with Crippen molar-refractivity contribution in [1.29, 1.82) is 0 Å². The molecule has 30 heavy (non-hydrogen) atoms. The fraction of sp³-hybridized carbons (Fsp3) is 0.0455. The van der Waals surface area contributed by atoms with Crippen molar-refractivity contribution in [2.24, 2.45) is 0 Å². The molecule has 5 rings (SSSR count). The van der Waals surface area contributed by atoms with Gasteiger partial charge >= 0.3 is 0 Å². The maximum absolute atomic E-state index is 13.2. The molecule has 5 aromatic rings. The van der Waals surface area contributed by atoms with E-state index in [1.165, 1.54) is 12.4 Å². The molecule has 3 heterocycles. The normalized spacial score (nSPS) is 11.2. The molecule has 0 saturated heterocycles. The molecule has 0 amide bonds. The number of imidazole rings is 1. The Labute approximate surface area is 169 Å². The molecule has 0 saturated carbocycles. The Morgan fingerprint density at radius 1 is 1.03 bits per heavy atom. The minimum Gasteiger partial charge on any atom is -0.340 e. The zero-order valence-electron chi connectivity index (χ0n) is 15.6. The molecular weight excluding hydrogens is 382 g/mol. The van der Waals surface area contributed by atoms with Crippen molar-refractivity contribution in [2.75, 3.05) is 0 Å². The van der Waals surface area contributed by atoms with Crippen LogP contribution in [0, 0.1) is 10.1 Å². The first-order valence-corrected chi connectivity index (χ1v) is 9.28. The SMILES string of the molecule is O=c1c2[nH]cnc2c2c(Cc3cccc([N+](=O)[O-])c3)ccnc2n1-c1ccccc1. The molecule has 0 atom stereocenters. The Kier molecular flexibility index (Phi) is 4.10. The number of nitro benzene ring substituents is 1. The third kappa shape index (κ3) is 2.82. The summed E-state index contributed by atoms with van der Waals surface area (Å²) in [4.78, 5) is 35.7. The molecule has 0 aliphatic rings. The van der Waals surface area contributed by atoms with Crippen LogP contribution < -0.4 is 5.56 Å². The number of pyridine rings is 2. The molecule has 0 fully saturated rings. The Morgan fingerprint density at radius 2 is 1.87 bits per heavy atom. The number of hydrogen-bond donors (Lipinski definition) is 1. The van der Waals surface area contributed by atoms with Gasteiger partial charge in [-0.1, -0.05) is 30.3 Å². The molecule has 3 aromatic heterocycles. The van der Waals surface area contributed by atoms with Crippen molar-refractivity contribution in [3.05, 3.63) is 105 Å². The van der Waals surface area contributed by atoms with Gasteiger partial charge in [0.15, 0.2) is 0 Å². The molecule has 0 spiro atoms. The lowest BCUT2D eigenvalue weighted by Gasteiger charge is -2.13. The van der Waals surface area contributed by atoms with E-state index in [0.29, 0.717) is 28.8 Å². The molecule has 146 valence electrons. The molecule has 0 aliphatic carbocycles. The topological polar surface area (TPSA) is 107 Å². The van der Waals surface area contributed by atoms with E-state index in [4.69, 9.17) is 0 Å². The van der Waals surface area contributed by atoms with Gasteiger partial charge in [-0.25, -0.2) is 9.97 Å².